The topological polar surface area (TPSA) is 61.6 Å². The molecule has 1 aliphatic heterocycles. The fraction of sp³-hybridized carbons (Fsp3) is 0.938. The molecule has 0 bridgehead atoms. The molecule has 122 valence electrons. The lowest BCUT2D eigenvalue weighted by molar-refractivity contribution is -0.127. The van der Waals surface area contributed by atoms with Gasteiger partial charge >= 0.3 is 0 Å². The van der Waals surface area contributed by atoms with E-state index in [2.05, 4.69) is 36.0 Å². The van der Waals surface area contributed by atoms with Crippen molar-refractivity contribution in [3.05, 3.63) is 0 Å². The van der Waals surface area contributed by atoms with Crippen molar-refractivity contribution in [1.29, 1.82) is 0 Å². The standard InChI is InChI=1S/C16H32N4O/c1-16(2,20-10-8-19(3)9-11-20)12-18-15(21)13-6-4-5-7-14(13)17/h13-14H,4-12,17H2,1-3H3,(H,18,21). The maximum atomic E-state index is 12.4. The summed E-state index contributed by atoms with van der Waals surface area (Å²) in [5.41, 5.74) is 6.11. The Morgan fingerprint density at radius 3 is 2.43 bits per heavy atom. The Morgan fingerprint density at radius 1 is 1.19 bits per heavy atom. The van der Waals surface area contributed by atoms with Gasteiger partial charge in [0.15, 0.2) is 0 Å². The van der Waals surface area contributed by atoms with Crippen molar-refractivity contribution >= 4 is 5.91 Å². The molecule has 0 aromatic carbocycles. The Morgan fingerprint density at radius 2 is 1.81 bits per heavy atom. The fourth-order valence-electron chi connectivity index (χ4n) is 3.44. The third-order valence-corrected chi connectivity index (χ3v) is 5.21. The number of nitrogens with one attached hydrogen (secondary N) is 1. The van der Waals surface area contributed by atoms with Gasteiger partial charge in [0.25, 0.3) is 0 Å². The molecule has 1 saturated heterocycles. The molecule has 1 heterocycles. The minimum absolute atomic E-state index is 0.00961. The highest BCUT2D eigenvalue weighted by Gasteiger charge is 2.32. The van der Waals surface area contributed by atoms with Gasteiger partial charge in [0.2, 0.25) is 5.91 Å². The summed E-state index contributed by atoms with van der Waals surface area (Å²) in [6.45, 7) is 9.50. The quantitative estimate of drug-likeness (QED) is 0.799. The first-order valence-electron chi connectivity index (χ1n) is 8.37. The Balaban J connectivity index is 1.81. The van der Waals surface area contributed by atoms with Gasteiger partial charge in [0.1, 0.15) is 0 Å². The molecule has 1 aliphatic carbocycles. The van der Waals surface area contributed by atoms with Crippen LogP contribution in [0.5, 0.6) is 0 Å². The van der Waals surface area contributed by atoms with Crippen LogP contribution in [-0.2, 0) is 4.79 Å². The summed E-state index contributed by atoms with van der Waals surface area (Å²) in [6.07, 6.45) is 4.23. The van der Waals surface area contributed by atoms with E-state index in [1.807, 2.05) is 0 Å². The Labute approximate surface area is 129 Å². The van der Waals surface area contributed by atoms with Crippen LogP contribution in [0.3, 0.4) is 0 Å². The Bertz CT molecular complexity index is 350. The third-order valence-electron chi connectivity index (χ3n) is 5.21. The van der Waals surface area contributed by atoms with Crippen molar-refractivity contribution in [3.63, 3.8) is 0 Å². The first kappa shape index (κ1) is 16.7. The number of nitrogens with two attached hydrogens (primary N) is 1. The van der Waals surface area contributed by atoms with Crippen LogP contribution in [-0.4, -0.2) is 67.1 Å². The smallest absolute Gasteiger partial charge is 0.224 e. The first-order valence-corrected chi connectivity index (χ1v) is 8.37. The second-order valence-corrected chi connectivity index (χ2v) is 7.38. The van der Waals surface area contributed by atoms with Crippen molar-refractivity contribution < 1.29 is 4.79 Å². The summed E-state index contributed by atoms with van der Waals surface area (Å²) in [5.74, 6) is 0.173. The number of carbonyl (C=O) groups excluding carboxylic acids is 1. The summed E-state index contributed by atoms with van der Waals surface area (Å²) in [7, 11) is 2.16. The Kier molecular flexibility index (Phi) is 5.63. The van der Waals surface area contributed by atoms with Crippen molar-refractivity contribution in [2.45, 2.75) is 51.1 Å². The van der Waals surface area contributed by atoms with E-state index in [1.54, 1.807) is 0 Å². The molecule has 2 aliphatic rings. The van der Waals surface area contributed by atoms with Crippen molar-refractivity contribution in [2.24, 2.45) is 11.7 Å². The van der Waals surface area contributed by atoms with E-state index in [0.717, 1.165) is 51.9 Å². The van der Waals surface area contributed by atoms with E-state index in [1.165, 1.54) is 0 Å². The monoisotopic (exact) mass is 296 g/mol. The number of likely N-dealkylation sites (N-methyl/N-ethyl adjacent to an activating group) is 1. The van der Waals surface area contributed by atoms with Crippen LogP contribution >= 0.6 is 0 Å². The van der Waals surface area contributed by atoms with Crippen molar-refractivity contribution in [3.8, 4) is 0 Å². The van der Waals surface area contributed by atoms with Gasteiger partial charge in [-0.25, -0.2) is 0 Å². The van der Waals surface area contributed by atoms with Crippen LogP contribution in [0.2, 0.25) is 0 Å². The summed E-state index contributed by atoms with van der Waals surface area (Å²) in [5, 5.41) is 3.16. The van der Waals surface area contributed by atoms with Gasteiger partial charge in [0, 0.05) is 44.3 Å². The molecule has 2 rings (SSSR count). The van der Waals surface area contributed by atoms with Gasteiger partial charge in [-0.2, -0.15) is 0 Å². The van der Waals surface area contributed by atoms with Gasteiger partial charge in [-0.15, -0.1) is 0 Å². The number of carbonyl (C=O) groups is 1. The first-order chi connectivity index (χ1) is 9.90. The number of hydrogen-bond donors (Lipinski definition) is 2. The zero-order valence-electron chi connectivity index (χ0n) is 13.9. The second kappa shape index (κ2) is 7.07. The summed E-state index contributed by atoms with van der Waals surface area (Å²) in [4.78, 5) is 17.2. The van der Waals surface area contributed by atoms with E-state index in [9.17, 15) is 4.79 Å². The largest absolute Gasteiger partial charge is 0.354 e. The van der Waals surface area contributed by atoms with Crippen LogP contribution in [0.1, 0.15) is 39.5 Å². The van der Waals surface area contributed by atoms with E-state index >= 15 is 0 Å². The Hall–Kier alpha value is -0.650. The minimum atomic E-state index is 0.00961. The average Bonchev–Trinajstić information content (AvgIpc) is 2.46. The number of nitrogens with zero attached hydrogens (tertiary/aromatic N) is 2. The van der Waals surface area contributed by atoms with Gasteiger partial charge in [0.05, 0.1) is 5.92 Å². The van der Waals surface area contributed by atoms with Crippen LogP contribution in [0.25, 0.3) is 0 Å². The van der Waals surface area contributed by atoms with E-state index in [-0.39, 0.29) is 23.4 Å². The number of hydrogen-bond acceptors (Lipinski definition) is 4. The van der Waals surface area contributed by atoms with Gasteiger partial charge in [-0.1, -0.05) is 12.8 Å². The molecule has 1 saturated carbocycles. The maximum absolute atomic E-state index is 12.4. The van der Waals surface area contributed by atoms with E-state index in [0.29, 0.717) is 6.54 Å². The molecule has 2 atom stereocenters. The molecule has 5 heteroatoms. The SMILES string of the molecule is CN1CCN(C(C)(C)CNC(=O)C2CCCCC2N)CC1. The molecule has 1 amide bonds. The summed E-state index contributed by atoms with van der Waals surface area (Å²) in [6, 6.07) is 0.0468. The van der Waals surface area contributed by atoms with Crippen LogP contribution in [0.4, 0.5) is 0 Å². The maximum Gasteiger partial charge on any atom is 0.224 e. The van der Waals surface area contributed by atoms with Crippen LogP contribution < -0.4 is 11.1 Å². The lowest BCUT2D eigenvalue weighted by atomic mass is 9.84. The summed E-state index contributed by atoms with van der Waals surface area (Å²) >= 11 is 0. The van der Waals surface area contributed by atoms with Crippen molar-refractivity contribution in [1.82, 2.24) is 15.1 Å². The molecule has 3 N–H and O–H groups in total. The number of rotatable bonds is 4. The summed E-state index contributed by atoms with van der Waals surface area (Å²) < 4.78 is 0. The van der Waals surface area contributed by atoms with Crippen LogP contribution in [0, 0.1) is 5.92 Å². The molecule has 0 aromatic rings. The predicted molar refractivity (Wildman–Crippen MR) is 86.1 cm³/mol. The van der Waals surface area contributed by atoms with E-state index < -0.39 is 0 Å². The normalized spacial score (nSPS) is 29.3. The molecule has 0 spiro atoms. The van der Waals surface area contributed by atoms with Crippen LogP contribution in [0.15, 0.2) is 0 Å². The average molecular weight is 296 g/mol. The molecular formula is C16H32N4O. The number of amides is 1. The van der Waals surface area contributed by atoms with Gasteiger partial charge in [-0.05, 0) is 33.7 Å². The third kappa shape index (κ3) is 4.41. The molecule has 21 heavy (non-hydrogen) atoms. The zero-order valence-corrected chi connectivity index (χ0v) is 13.9. The lowest BCUT2D eigenvalue weighted by Crippen LogP contribution is -2.58. The van der Waals surface area contributed by atoms with Crippen molar-refractivity contribution in [2.75, 3.05) is 39.8 Å². The fourth-order valence-corrected chi connectivity index (χ4v) is 3.44. The highest BCUT2D eigenvalue weighted by molar-refractivity contribution is 5.79. The van der Waals surface area contributed by atoms with Gasteiger partial charge in [-0.3, -0.25) is 9.69 Å². The molecule has 0 aromatic heterocycles. The molecular weight excluding hydrogens is 264 g/mol. The predicted octanol–water partition coefficient (Wildman–Crippen LogP) is 0.646. The molecule has 0 radical (unpaired) electrons. The molecule has 2 unspecified atom stereocenters. The highest BCUT2D eigenvalue weighted by Crippen LogP contribution is 2.23. The second-order valence-electron chi connectivity index (χ2n) is 7.38. The number of piperazine rings is 1. The highest BCUT2D eigenvalue weighted by atomic mass is 16.1. The molecule has 5 nitrogen and oxygen atoms in total. The van der Waals surface area contributed by atoms with Gasteiger partial charge < -0.3 is 16.0 Å². The van der Waals surface area contributed by atoms with E-state index in [4.69, 9.17) is 5.73 Å². The lowest BCUT2D eigenvalue weighted by Gasteiger charge is -2.43. The molecule has 2 fully saturated rings. The zero-order chi connectivity index (χ0) is 15.5. The minimum Gasteiger partial charge on any atom is -0.354 e.